The molecule has 0 aliphatic carbocycles. The molecule has 0 spiro atoms. The van der Waals surface area contributed by atoms with Crippen molar-refractivity contribution in [1.29, 1.82) is 0 Å². The fraction of sp³-hybridized carbons (Fsp3) is 0.538. The quantitative estimate of drug-likeness (QED) is 0.836. The fourth-order valence-electron chi connectivity index (χ4n) is 1.50. The third-order valence-electron chi connectivity index (χ3n) is 2.48. The minimum absolute atomic E-state index is 0.236. The van der Waals surface area contributed by atoms with Crippen LogP contribution in [0.2, 0.25) is 5.02 Å². The van der Waals surface area contributed by atoms with Gasteiger partial charge in [-0.2, -0.15) is 0 Å². The van der Waals surface area contributed by atoms with Gasteiger partial charge in [0.2, 0.25) is 0 Å². The average molecular weight is 306 g/mol. The van der Waals surface area contributed by atoms with E-state index in [4.69, 9.17) is 11.6 Å². The van der Waals surface area contributed by atoms with E-state index in [0.29, 0.717) is 5.02 Å². The van der Waals surface area contributed by atoms with E-state index in [-0.39, 0.29) is 5.41 Å². The Balaban J connectivity index is 2.73. The molecule has 0 bridgehead atoms. The third-order valence-corrected chi connectivity index (χ3v) is 3.32. The van der Waals surface area contributed by atoms with E-state index in [0.717, 1.165) is 22.9 Å². The molecule has 1 rings (SSSR count). The summed E-state index contributed by atoms with van der Waals surface area (Å²) in [5.41, 5.74) is 1.04. The lowest BCUT2D eigenvalue weighted by Gasteiger charge is -2.21. The molecule has 0 heterocycles. The predicted molar refractivity (Wildman–Crippen MR) is 72.8 cm³/mol. The first-order chi connectivity index (χ1) is 7.29. The van der Waals surface area contributed by atoms with Crippen molar-refractivity contribution in [3.8, 4) is 0 Å². The van der Waals surface area contributed by atoms with E-state index in [9.17, 15) is 5.11 Å². The predicted octanol–water partition coefficient (Wildman–Crippen LogP) is 4.96. The maximum absolute atomic E-state index is 10.1. The third kappa shape index (κ3) is 4.44. The zero-order valence-electron chi connectivity index (χ0n) is 9.93. The maximum Gasteiger partial charge on any atom is 0.0805 e. The van der Waals surface area contributed by atoms with Crippen molar-refractivity contribution in [2.24, 2.45) is 5.41 Å². The molecule has 0 saturated carbocycles. The largest absolute Gasteiger partial charge is 0.388 e. The molecule has 0 saturated heterocycles. The van der Waals surface area contributed by atoms with Crippen molar-refractivity contribution in [2.75, 3.05) is 0 Å². The SMILES string of the molecule is CC(C)(C)CCC(O)c1cc(Br)ccc1Cl. The summed E-state index contributed by atoms with van der Waals surface area (Å²) in [4.78, 5) is 0. The topological polar surface area (TPSA) is 20.2 Å². The van der Waals surface area contributed by atoms with E-state index in [2.05, 4.69) is 36.7 Å². The van der Waals surface area contributed by atoms with Gasteiger partial charge in [0.15, 0.2) is 0 Å². The van der Waals surface area contributed by atoms with Gasteiger partial charge in [-0.15, -0.1) is 0 Å². The molecule has 0 fully saturated rings. The molecule has 1 unspecified atom stereocenters. The van der Waals surface area contributed by atoms with Gasteiger partial charge in [-0.1, -0.05) is 48.3 Å². The maximum atomic E-state index is 10.1. The number of aliphatic hydroxyl groups excluding tert-OH is 1. The van der Waals surface area contributed by atoms with Crippen LogP contribution in [0.3, 0.4) is 0 Å². The normalized spacial score (nSPS) is 13.9. The van der Waals surface area contributed by atoms with Crippen LogP contribution in [-0.4, -0.2) is 5.11 Å². The summed E-state index contributed by atoms with van der Waals surface area (Å²) >= 11 is 9.45. The lowest BCUT2D eigenvalue weighted by Crippen LogP contribution is -2.08. The molecular weight excluding hydrogens is 287 g/mol. The van der Waals surface area contributed by atoms with Crippen LogP contribution in [0.25, 0.3) is 0 Å². The molecule has 1 nitrogen and oxygen atoms in total. The standard InChI is InChI=1S/C13H18BrClO/c1-13(2,3)7-6-12(16)10-8-9(14)4-5-11(10)15/h4-5,8,12,16H,6-7H2,1-3H3. The first kappa shape index (κ1) is 14.0. The number of aliphatic hydroxyl groups is 1. The summed E-state index contributed by atoms with van der Waals surface area (Å²) in [6.07, 6.45) is 1.22. The van der Waals surface area contributed by atoms with Crippen LogP contribution in [0.15, 0.2) is 22.7 Å². The highest BCUT2D eigenvalue weighted by Crippen LogP contribution is 2.32. The fourth-order valence-corrected chi connectivity index (χ4v) is 2.12. The van der Waals surface area contributed by atoms with Crippen LogP contribution in [0.4, 0.5) is 0 Å². The molecular formula is C13H18BrClO. The molecule has 0 aromatic heterocycles. The van der Waals surface area contributed by atoms with Crippen molar-refractivity contribution < 1.29 is 5.11 Å². The van der Waals surface area contributed by atoms with Crippen LogP contribution < -0.4 is 0 Å². The summed E-state index contributed by atoms with van der Waals surface area (Å²) in [6, 6.07) is 5.57. The highest BCUT2D eigenvalue weighted by molar-refractivity contribution is 9.10. The minimum atomic E-state index is -0.482. The van der Waals surface area contributed by atoms with Gasteiger partial charge in [0.25, 0.3) is 0 Å². The zero-order valence-corrected chi connectivity index (χ0v) is 12.3. The zero-order chi connectivity index (χ0) is 12.3. The Morgan fingerprint density at radius 1 is 1.38 bits per heavy atom. The average Bonchev–Trinajstić information content (AvgIpc) is 2.17. The number of hydrogen-bond acceptors (Lipinski definition) is 1. The Bertz CT molecular complexity index is 357. The Kier molecular flexibility index (Phi) is 4.84. The molecule has 0 aliphatic heterocycles. The van der Waals surface area contributed by atoms with Crippen LogP contribution in [0, 0.1) is 5.41 Å². The summed E-state index contributed by atoms with van der Waals surface area (Å²) in [6.45, 7) is 6.51. The smallest absolute Gasteiger partial charge is 0.0805 e. The van der Waals surface area contributed by atoms with Crippen molar-refractivity contribution >= 4 is 27.5 Å². The van der Waals surface area contributed by atoms with E-state index < -0.39 is 6.10 Å². The lowest BCUT2D eigenvalue weighted by molar-refractivity contribution is 0.147. The van der Waals surface area contributed by atoms with Crippen LogP contribution in [0.5, 0.6) is 0 Å². The Morgan fingerprint density at radius 2 is 2.00 bits per heavy atom. The molecule has 0 radical (unpaired) electrons. The van der Waals surface area contributed by atoms with Crippen molar-refractivity contribution in [3.63, 3.8) is 0 Å². The summed E-state index contributed by atoms with van der Waals surface area (Å²) in [7, 11) is 0. The van der Waals surface area contributed by atoms with E-state index >= 15 is 0 Å². The lowest BCUT2D eigenvalue weighted by atomic mass is 9.88. The number of benzene rings is 1. The van der Waals surface area contributed by atoms with Crippen LogP contribution in [0.1, 0.15) is 45.3 Å². The number of hydrogen-bond donors (Lipinski definition) is 1. The monoisotopic (exact) mass is 304 g/mol. The van der Waals surface area contributed by atoms with Gasteiger partial charge in [-0.3, -0.25) is 0 Å². The molecule has 1 aromatic carbocycles. The van der Waals surface area contributed by atoms with Crippen molar-refractivity contribution in [3.05, 3.63) is 33.3 Å². The molecule has 16 heavy (non-hydrogen) atoms. The van der Waals surface area contributed by atoms with Gasteiger partial charge in [-0.05, 0) is 36.5 Å². The van der Waals surface area contributed by atoms with E-state index in [1.807, 2.05) is 12.1 Å². The molecule has 3 heteroatoms. The summed E-state index contributed by atoms with van der Waals surface area (Å²) < 4.78 is 0.946. The molecule has 1 aromatic rings. The van der Waals surface area contributed by atoms with E-state index in [1.54, 1.807) is 6.07 Å². The van der Waals surface area contributed by atoms with Gasteiger partial charge in [-0.25, -0.2) is 0 Å². The first-order valence-corrected chi connectivity index (χ1v) is 6.60. The molecule has 0 aliphatic rings. The Hall–Kier alpha value is -0.0500. The molecule has 1 N–H and O–H groups in total. The second-order valence-corrected chi connectivity index (χ2v) is 6.60. The van der Waals surface area contributed by atoms with Gasteiger partial charge in [0.1, 0.15) is 0 Å². The van der Waals surface area contributed by atoms with Gasteiger partial charge < -0.3 is 5.11 Å². The van der Waals surface area contributed by atoms with Gasteiger partial charge >= 0.3 is 0 Å². The van der Waals surface area contributed by atoms with Crippen molar-refractivity contribution in [2.45, 2.75) is 39.7 Å². The van der Waals surface area contributed by atoms with Crippen molar-refractivity contribution in [1.82, 2.24) is 0 Å². The second-order valence-electron chi connectivity index (χ2n) is 5.28. The summed E-state index contributed by atoms with van der Waals surface area (Å²) in [5, 5.41) is 10.7. The molecule has 0 amide bonds. The van der Waals surface area contributed by atoms with Crippen LogP contribution in [-0.2, 0) is 0 Å². The highest BCUT2D eigenvalue weighted by Gasteiger charge is 2.16. The number of rotatable bonds is 3. The van der Waals surface area contributed by atoms with E-state index in [1.165, 1.54) is 0 Å². The molecule has 90 valence electrons. The van der Waals surface area contributed by atoms with Gasteiger partial charge in [0, 0.05) is 15.1 Å². The molecule has 1 atom stereocenters. The minimum Gasteiger partial charge on any atom is -0.388 e. The highest BCUT2D eigenvalue weighted by atomic mass is 79.9. The Labute approximate surface area is 111 Å². The Morgan fingerprint density at radius 3 is 2.56 bits per heavy atom. The van der Waals surface area contributed by atoms with Crippen LogP contribution >= 0.6 is 27.5 Å². The number of halogens is 2. The van der Waals surface area contributed by atoms with Gasteiger partial charge in [0.05, 0.1) is 6.10 Å². The summed E-state index contributed by atoms with van der Waals surface area (Å²) in [5.74, 6) is 0. The first-order valence-electron chi connectivity index (χ1n) is 5.42. The second kappa shape index (κ2) is 5.52.